The molecule has 0 bridgehead atoms. The van der Waals surface area contributed by atoms with Gasteiger partial charge in [-0.05, 0) is 63.7 Å². The highest BCUT2D eigenvalue weighted by atomic mass is 15.3. The normalized spacial score (nSPS) is 23.8. The van der Waals surface area contributed by atoms with Crippen molar-refractivity contribution in [3.8, 4) is 0 Å². The van der Waals surface area contributed by atoms with E-state index >= 15 is 0 Å². The summed E-state index contributed by atoms with van der Waals surface area (Å²) in [5.74, 6) is 0.911. The molecule has 104 valence electrons. The largest absolute Gasteiger partial charge is 0.341 e. The first kappa shape index (κ1) is 12.9. The highest BCUT2D eigenvalue weighted by molar-refractivity contribution is 5.30. The van der Waals surface area contributed by atoms with Crippen molar-refractivity contribution in [2.24, 2.45) is 5.41 Å². The van der Waals surface area contributed by atoms with E-state index in [0.29, 0.717) is 5.41 Å². The Kier molecular flexibility index (Phi) is 3.44. The van der Waals surface area contributed by atoms with Crippen LogP contribution in [-0.4, -0.2) is 48.1 Å². The molecule has 0 unspecified atom stereocenters. The third kappa shape index (κ3) is 2.73. The lowest BCUT2D eigenvalue weighted by molar-refractivity contribution is 0.0941. The van der Waals surface area contributed by atoms with E-state index in [1.807, 2.05) is 19.3 Å². The van der Waals surface area contributed by atoms with Gasteiger partial charge < -0.3 is 9.80 Å². The zero-order valence-electron chi connectivity index (χ0n) is 12.1. The van der Waals surface area contributed by atoms with Crippen molar-refractivity contribution in [3.63, 3.8) is 0 Å². The molecule has 3 heterocycles. The highest BCUT2D eigenvalue weighted by Gasteiger charge is 2.37. The summed E-state index contributed by atoms with van der Waals surface area (Å²) < 4.78 is 0. The van der Waals surface area contributed by atoms with E-state index in [1.165, 1.54) is 38.8 Å². The van der Waals surface area contributed by atoms with Crippen molar-refractivity contribution < 1.29 is 0 Å². The molecule has 2 aliphatic heterocycles. The lowest BCUT2D eigenvalue weighted by atomic mass is 9.71. The van der Waals surface area contributed by atoms with Crippen molar-refractivity contribution in [1.29, 1.82) is 0 Å². The van der Waals surface area contributed by atoms with Gasteiger partial charge in [-0.25, -0.2) is 9.97 Å². The molecule has 0 aliphatic carbocycles. The van der Waals surface area contributed by atoms with Crippen molar-refractivity contribution in [2.75, 3.05) is 38.1 Å². The van der Waals surface area contributed by atoms with Crippen LogP contribution in [-0.2, 0) is 0 Å². The van der Waals surface area contributed by atoms with Crippen molar-refractivity contribution in [1.82, 2.24) is 14.9 Å². The molecule has 2 aliphatic rings. The summed E-state index contributed by atoms with van der Waals surface area (Å²) in [5, 5.41) is 0. The number of likely N-dealkylation sites (tertiary alicyclic amines) is 1. The van der Waals surface area contributed by atoms with Gasteiger partial charge in [0.15, 0.2) is 0 Å². The quantitative estimate of drug-likeness (QED) is 0.774. The molecule has 0 aromatic carbocycles. The van der Waals surface area contributed by atoms with E-state index < -0.39 is 0 Å². The number of aromatic nitrogens is 2. The molecule has 1 spiro atoms. The summed E-state index contributed by atoms with van der Waals surface area (Å²) in [5.41, 5.74) is 1.74. The second kappa shape index (κ2) is 5.08. The molecular weight excluding hydrogens is 236 g/mol. The van der Waals surface area contributed by atoms with Gasteiger partial charge in [-0.15, -0.1) is 0 Å². The molecule has 1 aromatic heterocycles. The van der Waals surface area contributed by atoms with Crippen LogP contribution in [0.15, 0.2) is 12.4 Å². The van der Waals surface area contributed by atoms with Gasteiger partial charge in [0.05, 0.1) is 0 Å². The zero-order valence-corrected chi connectivity index (χ0v) is 12.1. The van der Waals surface area contributed by atoms with Crippen LogP contribution in [0.5, 0.6) is 0 Å². The van der Waals surface area contributed by atoms with E-state index in [4.69, 9.17) is 0 Å². The molecule has 0 amide bonds. The van der Waals surface area contributed by atoms with Gasteiger partial charge in [-0.3, -0.25) is 0 Å². The summed E-state index contributed by atoms with van der Waals surface area (Å²) in [7, 11) is 2.24. The van der Waals surface area contributed by atoms with Crippen LogP contribution >= 0.6 is 0 Å². The molecule has 0 N–H and O–H groups in total. The number of aryl methyl sites for hydroxylation is 1. The molecule has 0 radical (unpaired) electrons. The number of anilines is 1. The van der Waals surface area contributed by atoms with Crippen molar-refractivity contribution >= 4 is 5.95 Å². The topological polar surface area (TPSA) is 32.3 Å². The van der Waals surface area contributed by atoms with Crippen LogP contribution in [0.4, 0.5) is 5.95 Å². The second-order valence-electron chi connectivity index (χ2n) is 6.35. The number of nitrogens with zero attached hydrogens (tertiary/aromatic N) is 4. The van der Waals surface area contributed by atoms with Gasteiger partial charge >= 0.3 is 0 Å². The molecule has 1 aromatic rings. The Bertz CT molecular complexity index is 410. The summed E-state index contributed by atoms with van der Waals surface area (Å²) in [6.45, 7) is 6.80. The van der Waals surface area contributed by atoms with Crippen molar-refractivity contribution in [3.05, 3.63) is 18.0 Å². The fraction of sp³-hybridized carbons (Fsp3) is 0.733. The third-order valence-corrected chi connectivity index (χ3v) is 4.92. The summed E-state index contributed by atoms with van der Waals surface area (Å²) in [6.07, 6.45) is 9.18. The predicted octanol–water partition coefficient (Wildman–Crippen LogP) is 2.10. The van der Waals surface area contributed by atoms with E-state index in [1.54, 1.807) is 0 Å². The summed E-state index contributed by atoms with van der Waals surface area (Å²) in [4.78, 5) is 13.7. The molecule has 4 nitrogen and oxygen atoms in total. The fourth-order valence-electron chi connectivity index (χ4n) is 3.32. The Morgan fingerprint density at radius 3 is 2.05 bits per heavy atom. The minimum Gasteiger partial charge on any atom is -0.341 e. The molecule has 0 saturated carbocycles. The van der Waals surface area contributed by atoms with Crippen LogP contribution in [0.3, 0.4) is 0 Å². The van der Waals surface area contributed by atoms with Gasteiger partial charge in [0.1, 0.15) is 0 Å². The summed E-state index contributed by atoms with van der Waals surface area (Å²) >= 11 is 0. The van der Waals surface area contributed by atoms with Gasteiger partial charge in [0.25, 0.3) is 0 Å². The average molecular weight is 260 g/mol. The summed E-state index contributed by atoms with van der Waals surface area (Å²) in [6, 6.07) is 0. The molecule has 2 saturated heterocycles. The van der Waals surface area contributed by atoms with Crippen molar-refractivity contribution in [2.45, 2.75) is 32.6 Å². The van der Waals surface area contributed by atoms with E-state index in [9.17, 15) is 0 Å². The Balaban J connectivity index is 1.61. The number of piperidine rings is 2. The molecule has 2 fully saturated rings. The van der Waals surface area contributed by atoms with Crippen LogP contribution in [0.1, 0.15) is 31.2 Å². The predicted molar refractivity (Wildman–Crippen MR) is 77.4 cm³/mol. The smallest absolute Gasteiger partial charge is 0.225 e. The minimum absolute atomic E-state index is 0.605. The standard InChI is InChI=1S/C15H24N4/c1-13-11-16-14(17-12-13)19-9-5-15(6-10-19)3-7-18(2)8-4-15/h11-12H,3-10H2,1-2H3. The molecule has 19 heavy (non-hydrogen) atoms. The number of hydrogen-bond acceptors (Lipinski definition) is 4. The zero-order chi connectivity index (χ0) is 13.3. The highest BCUT2D eigenvalue weighted by Crippen LogP contribution is 2.41. The third-order valence-electron chi connectivity index (χ3n) is 4.92. The maximum absolute atomic E-state index is 4.45. The maximum atomic E-state index is 4.45. The van der Waals surface area contributed by atoms with Gasteiger partial charge in [-0.2, -0.15) is 0 Å². The number of hydrogen-bond donors (Lipinski definition) is 0. The van der Waals surface area contributed by atoms with Crippen LogP contribution in [0.2, 0.25) is 0 Å². The van der Waals surface area contributed by atoms with Crippen LogP contribution in [0, 0.1) is 12.3 Å². The SMILES string of the molecule is Cc1cnc(N2CCC3(CCN(C)CC3)CC2)nc1. The first-order valence-corrected chi connectivity index (χ1v) is 7.39. The molecule has 4 heteroatoms. The monoisotopic (exact) mass is 260 g/mol. The Hall–Kier alpha value is -1.16. The van der Waals surface area contributed by atoms with Gasteiger partial charge in [-0.1, -0.05) is 0 Å². The number of rotatable bonds is 1. The lowest BCUT2D eigenvalue weighted by Crippen LogP contribution is -2.46. The molecular formula is C15H24N4. The molecule has 3 rings (SSSR count). The van der Waals surface area contributed by atoms with E-state index in [-0.39, 0.29) is 0 Å². The first-order chi connectivity index (χ1) is 9.17. The van der Waals surface area contributed by atoms with E-state index in [0.717, 1.165) is 24.6 Å². The van der Waals surface area contributed by atoms with Gasteiger partial charge in [0.2, 0.25) is 5.95 Å². The van der Waals surface area contributed by atoms with Gasteiger partial charge in [0, 0.05) is 25.5 Å². The Labute approximate surface area is 115 Å². The van der Waals surface area contributed by atoms with Crippen LogP contribution < -0.4 is 4.90 Å². The van der Waals surface area contributed by atoms with Crippen LogP contribution in [0.25, 0.3) is 0 Å². The molecule has 0 atom stereocenters. The van der Waals surface area contributed by atoms with E-state index in [2.05, 4.69) is 26.8 Å². The Morgan fingerprint density at radius 1 is 0.947 bits per heavy atom. The first-order valence-electron chi connectivity index (χ1n) is 7.39. The fourth-order valence-corrected chi connectivity index (χ4v) is 3.32. The Morgan fingerprint density at radius 2 is 1.47 bits per heavy atom. The second-order valence-corrected chi connectivity index (χ2v) is 6.35. The minimum atomic E-state index is 0.605. The lowest BCUT2D eigenvalue weighted by Gasteiger charge is -2.46. The average Bonchev–Trinajstić information content (AvgIpc) is 2.44. The maximum Gasteiger partial charge on any atom is 0.225 e.